The van der Waals surface area contributed by atoms with Crippen LogP contribution < -0.4 is 0 Å². The molecule has 0 N–H and O–H groups in total. The maximum absolute atomic E-state index is 5.30. The molecule has 0 spiro atoms. The van der Waals surface area contributed by atoms with Gasteiger partial charge in [-0.15, -0.1) is 0 Å². The van der Waals surface area contributed by atoms with Gasteiger partial charge in [0.15, 0.2) is 0 Å². The van der Waals surface area contributed by atoms with E-state index in [-0.39, 0.29) is 0 Å². The maximum atomic E-state index is 5.30. The molecule has 0 bridgehead atoms. The highest BCUT2D eigenvalue weighted by Crippen LogP contribution is 2.13. The van der Waals surface area contributed by atoms with E-state index in [0.29, 0.717) is 6.10 Å². The van der Waals surface area contributed by atoms with Crippen LogP contribution in [0.3, 0.4) is 0 Å². The van der Waals surface area contributed by atoms with Gasteiger partial charge in [0, 0.05) is 6.61 Å². The van der Waals surface area contributed by atoms with Crippen molar-refractivity contribution in [2.75, 3.05) is 6.61 Å². The molecule has 1 aliphatic rings. The monoisotopic (exact) mass is 98.1 g/mol. The fourth-order valence-corrected chi connectivity index (χ4v) is 0.966. The van der Waals surface area contributed by atoms with Crippen LogP contribution in [0.5, 0.6) is 0 Å². The summed E-state index contributed by atoms with van der Waals surface area (Å²) in [5.74, 6) is 0. The van der Waals surface area contributed by atoms with Gasteiger partial charge >= 0.3 is 0 Å². The average Bonchev–Trinajstić information content (AvgIpc) is 2.14. The Balaban J connectivity index is 2.14. The van der Waals surface area contributed by atoms with Crippen LogP contribution in [0.2, 0.25) is 6.32 Å². The fraction of sp³-hybridized carbons (Fsp3) is 1.00. The van der Waals surface area contributed by atoms with Crippen molar-refractivity contribution < 1.29 is 4.74 Å². The standard InChI is InChI=1S/C5H11BO/c6-4-5-2-1-3-7-5/h5H,1-4,6H2. The Labute approximate surface area is 45.5 Å². The van der Waals surface area contributed by atoms with Crippen LogP contribution in [0.15, 0.2) is 0 Å². The second-order valence-corrected chi connectivity index (χ2v) is 2.04. The summed E-state index contributed by atoms with van der Waals surface area (Å²) in [6.07, 6.45) is 4.36. The summed E-state index contributed by atoms with van der Waals surface area (Å²) in [6, 6.07) is 0. The van der Waals surface area contributed by atoms with Crippen LogP contribution in [-0.2, 0) is 4.74 Å². The first-order chi connectivity index (χ1) is 3.43. The van der Waals surface area contributed by atoms with Gasteiger partial charge < -0.3 is 4.74 Å². The highest BCUT2D eigenvalue weighted by Gasteiger charge is 2.11. The molecule has 7 heavy (non-hydrogen) atoms. The third-order valence-corrected chi connectivity index (χ3v) is 1.48. The Morgan fingerprint density at radius 1 is 1.71 bits per heavy atom. The van der Waals surface area contributed by atoms with Gasteiger partial charge in [0.1, 0.15) is 7.85 Å². The van der Waals surface area contributed by atoms with E-state index in [4.69, 9.17) is 4.74 Å². The van der Waals surface area contributed by atoms with Crippen LogP contribution in [-0.4, -0.2) is 20.6 Å². The largest absolute Gasteiger partial charge is 0.379 e. The van der Waals surface area contributed by atoms with E-state index in [1.807, 2.05) is 0 Å². The normalized spacial score (nSPS) is 31.1. The predicted molar refractivity (Wildman–Crippen MR) is 32.3 cm³/mol. The minimum atomic E-state index is 0.597. The zero-order valence-corrected chi connectivity index (χ0v) is 4.81. The number of rotatable bonds is 1. The van der Waals surface area contributed by atoms with E-state index < -0.39 is 0 Å². The molecule has 0 radical (unpaired) electrons. The van der Waals surface area contributed by atoms with Gasteiger partial charge in [-0.05, 0) is 12.8 Å². The van der Waals surface area contributed by atoms with Gasteiger partial charge in [0.25, 0.3) is 0 Å². The summed E-state index contributed by atoms with van der Waals surface area (Å²) in [5.41, 5.74) is 0. The first-order valence-electron chi connectivity index (χ1n) is 3.05. The minimum Gasteiger partial charge on any atom is -0.379 e. The van der Waals surface area contributed by atoms with E-state index in [1.54, 1.807) is 0 Å². The first-order valence-corrected chi connectivity index (χ1v) is 3.05. The molecule has 1 unspecified atom stereocenters. The molecule has 0 aromatic carbocycles. The highest BCUT2D eigenvalue weighted by atomic mass is 16.5. The summed E-state index contributed by atoms with van der Waals surface area (Å²) in [7, 11) is 2.18. The topological polar surface area (TPSA) is 9.23 Å². The summed E-state index contributed by atoms with van der Waals surface area (Å²) >= 11 is 0. The third-order valence-electron chi connectivity index (χ3n) is 1.48. The molecule has 1 aliphatic heterocycles. The molecule has 1 fully saturated rings. The molecular formula is C5H11BO. The molecule has 1 rings (SSSR count). The first kappa shape index (κ1) is 5.17. The SMILES string of the molecule is BCC1CCCO1. The lowest BCUT2D eigenvalue weighted by atomic mass is 9.98. The van der Waals surface area contributed by atoms with Gasteiger partial charge in [-0.25, -0.2) is 0 Å². The van der Waals surface area contributed by atoms with Gasteiger partial charge in [-0.1, -0.05) is 6.32 Å². The van der Waals surface area contributed by atoms with Crippen LogP contribution in [0.4, 0.5) is 0 Å². The number of hydrogen-bond donors (Lipinski definition) is 0. The van der Waals surface area contributed by atoms with Crippen molar-refractivity contribution in [1.82, 2.24) is 0 Å². The van der Waals surface area contributed by atoms with E-state index in [2.05, 4.69) is 7.85 Å². The second-order valence-electron chi connectivity index (χ2n) is 2.04. The zero-order chi connectivity index (χ0) is 5.11. The molecule has 1 saturated heterocycles. The predicted octanol–water partition coefficient (Wildman–Crippen LogP) is 0.217. The summed E-state index contributed by atoms with van der Waals surface area (Å²) < 4.78 is 5.30. The molecular weight excluding hydrogens is 86.9 g/mol. The number of ether oxygens (including phenoxy) is 1. The number of hydrogen-bond acceptors (Lipinski definition) is 1. The molecule has 0 saturated carbocycles. The molecule has 1 heterocycles. The zero-order valence-electron chi connectivity index (χ0n) is 4.81. The fourth-order valence-electron chi connectivity index (χ4n) is 0.966. The van der Waals surface area contributed by atoms with Crippen molar-refractivity contribution in [3.05, 3.63) is 0 Å². The minimum absolute atomic E-state index is 0.597. The summed E-state index contributed by atoms with van der Waals surface area (Å²) in [5, 5.41) is 0. The van der Waals surface area contributed by atoms with Crippen LogP contribution in [0.25, 0.3) is 0 Å². The van der Waals surface area contributed by atoms with Gasteiger partial charge in [0.05, 0.1) is 6.10 Å². The molecule has 0 aromatic heterocycles. The Kier molecular flexibility index (Phi) is 1.74. The smallest absolute Gasteiger partial charge is 0.104 e. The van der Waals surface area contributed by atoms with Crippen molar-refractivity contribution in [2.45, 2.75) is 25.3 Å². The molecule has 40 valence electrons. The Morgan fingerprint density at radius 2 is 2.57 bits per heavy atom. The molecule has 0 amide bonds. The van der Waals surface area contributed by atoms with Crippen molar-refractivity contribution >= 4 is 7.85 Å². The molecule has 2 heteroatoms. The van der Waals surface area contributed by atoms with E-state index in [0.717, 1.165) is 6.61 Å². The third kappa shape index (κ3) is 1.20. The molecule has 1 nitrogen and oxygen atoms in total. The summed E-state index contributed by atoms with van der Waals surface area (Å²) in [6.45, 7) is 0.999. The van der Waals surface area contributed by atoms with Crippen LogP contribution >= 0.6 is 0 Å². The quantitative estimate of drug-likeness (QED) is 0.426. The Hall–Kier alpha value is 0.0249. The highest BCUT2D eigenvalue weighted by molar-refractivity contribution is 6.08. The Bertz CT molecular complexity index is 50.0. The van der Waals surface area contributed by atoms with Crippen molar-refractivity contribution in [3.63, 3.8) is 0 Å². The lowest BCUT2D eigenvalue weighted by Crippen LogP contribution is -2.01. The lowest BCUT2D eigenvalue weighted by Gasteiger charge is -2.01. The maximum Gasteiger partial charge on any atom is 0.104 e. The molecule has 1 atom stereocenters. The van der Waals surface area contributed by atoms with Crippen molar-refractivity contribution in [1.29, 1.82) is 0 Å². The molecule has 0 aliphatic carbocycles. The van der Waals surface area contributed by atoms with E-state index in [9.17, 15) is 0 Å². The van der Waals surface area contributed by atoms with Gasteiger partial charge in [-0.2, -0.15) is 0 Å². The van der Waals surface area contributed by atoms with E-state index >= 15 is 0 Å². The molecule has 0 aromatic rings. The van der Waals surface area contributed by atoms with Gasteiger partial charge in [-0.3, -0.25) is 0 Å². The van der Waals surface area contributed by atoms with Crippen molar-refractivity contribution in [3.8, 4) is 0 Å². The second kappa shape index (κ2) is 2.36. The van der Waals surface area contributed by atoms with Crippen LogP contribution in [0, 0.1) is 0 Å². The lowest BCUT2D eigenvalue weighted by molar-refractivity contribution is 0.126. The van der Waals surface area contributed by atoms with Crippen molar-refractivity contribution in [2.24, 2.45) is 0 Å². The van der Waals surface area contributed by atoms with Crippen LogP contribution in [0.1, 0.15) is 12.8 Å². The summed E-state index contributed by atoms with van der Waals surface area (Å²) in [4.78, 5) is 0. The van der Waals surface area contributed by atoms with E-state index in [1.165, 1.54) is 19.2 Å². The Morgan fingerprint density at radius 3 is 2.86 bits per heavy atom. The van der Waals surface area contributed by atoms with Gasteiger partial charge in [0.2, 0.25) is 0 Å². The average molecular weight is 98.0 g/mol.